The first-order chi connectivity index (χ1) is 8.76. The normalized spacial score (nSPS) is 10.2. The van der Waals surface area contributed by atoms with Crippen LogP contribution in [0.5, 0.6) is 0 Å². The van der Waals surface area contributed by atoms with Crippen molar-refractivity contribution >= 4 is 5.82 Å². The topological polar surface area (TPSA) is 67.6 Å². The van der Waals surface area contributed by atoms with Crippen LogP contribution in [0.4, 0.5) is 5.82 Å². The number of aryl methyl sites for hydroxylation is 1. The molecule has 2 rings (SSSR count). The molecule has 0 saturated carbocycles. The molecule has 0 aliphatic heterocycles. The highest BCUT2D eigenvalue weighted by Crippen LogP contribution is 2.25. The summed E-state index contributed by atoms with van der Waals surface area (Å²) in [6, 6.07) is 9.47. The monoisotopic (exact) mass is 240 g/mol. The fourth-order valence-corrected chi connectivity index (χ4v) is 1.86. The number of aromatic nitrogens is 2. The van der Waals surface area contributed by atoms with E-state index in [4.69, 9.17) is 11.0 Å². The lowest BCUT2D eigenvalue weighted by Crippen LogP contribution is -2.02. The van der Waals surface area contributed by atoms with Gasteiger partial charge < -0.3 is 10.3 Å². The molecule has 0 saturated heterocycles. The van der Waals surface area contributed by atoms with Crippen LogP contribution in [0, 0.1) is 11.3 Å². The van der Waals surface area contributed by atoms with Crippen LogP contribution in [0.1, 0.15) is 25.3 Å². The smallest absolute Gasteiger partial charge is 0.131 e. The van der Waals surface area contributed by atoms with E-state index >= 15 is 0 Å². The van der Waals surface area contributed by atoms with E-state index in [1.807, 2.05) is 22.8 Å². The van der Waals surface area contributed by atoms with Crippen LogP contribution in [0.15, 0.2) is 30.6 Å². The zero-order valence-electron chi connectivity index (χ0n) is 10.4. The van der Waals surface area contributed by atoms with Gasteiger partial charge in [-0.1, -0.05) is 25.5 Å². The number of nitrogens with two attached hydrogens (primary N) is 1. The molecule has 0 bridgehead atoms. The van der Waals surface area contributed by atoms with Crippen molar-refractivity contribution in [1.29, 1.82) is 5.26 Å². The highest BCUT2D eigenvalue weighted by molar-refractivity contribution is 5.71. The molecule has 0 atom stereocenters. The molecule has 2 aromatic rings. The minimum absolute atomic E-state index is 0.620. The fourth-order valence-electron chi connectivity index (χ4n) is 1.86. The highest BCUT2D eigenvalue weighted by Gasteiger charge is 2.09. The van der Waals surface area contributed by atoms with Crippen LogP contribution in [0.3, 0.4) is 0 Å². The molecule has 4 nitrogen and oxygen atoms in total. The first kappa shape index (κ1) is 12.2. The second kappa shape index (κ2) is 5.37. The molecule has 1 aromatic heterocycles. The van der Waals surface area contributed by atoms with Crippen molar-refractivity contribution in [2.45, 2.75) is 26.3 Å². The summed E-state index contributed by atoms with van der Waals surface area (Å²) in [6.07, 6.45) is 3.97. The van der Waals surface area contributed by atoms with Gasteiger partial charge in [0.15, 0.2) is 0 Å². The number of unbranched alkanes of at least 4 members (excludes halogenated alkanes) is 1. The van der Waals surface area contributed by atoms with E-state index in [1.165, 1.54) is 0 Å². The molecule has 0 aliphatic carbocycles. The largest absolute Gasteiger partial charge is 0.383 e. The van der Waals surface area contributed by atoms with E-state index < -0.39 is 0 Å². The van der Waals surface area contributed by atoms with Crippen molar-refractivity contribution in [2.75, 3.05) is 5.73 Å². The number of nitrogens with zero attached hydrogens (tertiary/aromatic N) is 3. The van der Waals surface area contributed by atoms with Crippen LogP contribution in [-0.2, 0) is 6.54 Å². The second-order valence-corrected chi connectivity index (χ2v) is 4.22. The summed E-state index contributed by atoms with van der Waals surface area (Å²) in [5.74, 6) is 0.665. The molecular weight excluding hydrogens is 224 g/mol. The first-order valence-electron chi connectivity index (χ1n) is 6.07. The standard InChI is InChI=1S/C14H16N4/c1-2-3-7-18-10-17-13(14(18)16)12-6-4-5-11(8-12)9-15/h4-6,8,10H,2-3,7,16H2,1H3. The number of hydrogen-bond donors (Lipinski definition) is 1. The van der Waals surface area contributed by atoms with E-state index in [9.17, 15) is 0 Å². The molecule has 18 heavy (non-hydrogen) atoms. The fraction of sp³-hybridized carbons (Fsp3) is 0.286. The summed E-state index contributed by atoms with van der Waals surface area (Å²) in [5, 5.41) is 8.89. The summed E-state index contributed by atoms with van der Waals surface area (Å²) in [5.41, 5.74) is 8.35. The number of anilines is 1. The lowest BCUT2D eigenvalue weighted by atomic mass is 10.1. The minimum Gasteiger partial charge on any atom is -0.383 e. The van der Waals surface area contributed by atoms with E-state index in [0.29, 0.717) is 11.4 Å². The lowest BCUT2D eigenvalue weighted by Gasteiger charge is -2.04. The third-order valence-electron chi connectivity index (χ3n) is 2.90. The van der Waals surface area contributed by atoms with Crippen molar-refractivity contribution in [3.63, 3.8) is 0 Å². The van der Waals surface area contributed by atoms with E-state index in [1.54, 1.807) is 12.4 Å². The van der Waals surface area contributed by atoms with Gasteiger partial charge in [0.1, 0.15) is 11.5 Å². The predicted octanol–water partition coefficient (Wildman–Crippen LogP) is 2.80. The molecule has 0 radical (unpaired) electrons. The van der Waals surface area contributed by atoms with Gasteiger partial charge in [0, 0.05) is 12.1 Å². The number of imidazole rings is 1. The first-order valence-corrected chi connectivity index (χ1v) is 6.07. The average molecular weight is 240 g/mol. The summed E-state index contributed by atoms with van der Waals surface area (Å²) in [6.45, 7) is 3.03. The molecule has 0 unspecified atom stereocenters. The van der Waals surface area contributed by atoms with Gasteiger partial charge in [-0.05, 0) is 18.6 Å². The Morgan fingerprint density at radius 1 is 1.44 bits per heavy atom. The third-order valence-corrected chi connectivity index (χ3v) is 2.90. The molecule has 92 valence electrons. The van der Waals surface area contributed by atoms with E-state index in [-0.39, 0.29) is 0 Å². The number of hydrogen-bond acceptors (Lipinski definition) is 3. The molecular formula is C14H16N4. The number of nitrogen functional groups attached to an aromatic ring is 1. The number of rotatable bonds is 4. The molecule has 0 spiro atoms. The van der Waals surface area contributed by atoms with Gasteiger partial charge in [0.25, 0.3) is 0 Å². The summed E-state index contributed by atoms with van der Waals surface area (Å²) in [7, 11) is 0. The van der Waals surface area contributed by atoms with Gasteiger partial charge in [-0.2, -0.15) is 5.26 Å². The Kier molecular flexibility index (Phi) is 3.63. The summed E-state index contributed by atoms with van der Waals surface area (Å²) < 4.78 is 1.96. The van der Waals surface area contributed by atoms with Crippen LogP contribution in [0.2, 0.25) is 0 Å². The Labute approximate surface area is 107 Å². The van der Waals surface area contributed by atoms with Crippen molar-refractivity contribution in [1.82, 2.24) is 9.55 Å². The van der Waals surface area contributed by atoms with Crippen LogP contribution < -0.4 is 5.73 Å². The van der Waals surface area contributed by atoms with E-state index in [2.05, 4.69) is 18.0 Å². The van der Waals surface area contributed by atoms with Crippen LogP contribution in [0.25, 0.3) is 11.3 Å². The molecule has 2 N–H and O–H groups in total. The summed E-state index contributed by atoms with van der Waals surface area (Å²) >= 11 is 0. The van der Waals surface area contributed by atoms with Crippen molar-refractivity contribution in [3.05, 3.63) is 36.2 Å². The zero-order valence-corrected chi connectivity index (χ0v) is 10.4. The molecule has 0 amide bonds. The maximum absolute atomic E-state index is 8.89. The quantitative estimate of drug-likeness (QED) is 0.893. The number of nitriles is 1. The summed E-state index contributed by atoms with van der Waals surface area (Å²) in [4.78, 5) is 4.34. The SMILES string of the molecule is CCCCn1cnc(-c2cccc(C#N)c2)c1N. The second-order valence-electron chi connectivity index (χ2n) is 4.22. The molecule has 4 heteroatoms. The Hall–Kier alpha value is -2.28. The van der Waals surface area contributed by atoms with E-state index in [0.717, 1.165) is 30.6 Å². The van der Waals surface area contributed by atoms with Gasteiger partial charge >= 0.3 is 0 Å². The predicted molar refractivity (Wildman–Crippen MR) is 71.7 cm³/mol. The van der Waals surface area contributed by atoms with Crippen molar-refractivity contribution in [3.8, 4) is 17.3 Å². The lowest BCUT2D eigenvalue weighted by molar-refractivity contribution is 0.637. The maximum atomic E-state index is 8.89. The Bertz CT molecular complexity index is 578. The Balaban J connectivity index is 2.33. The number of benzene rings is 1. The van der Waals surface area contributed by atoms with Gasteiger partial charge in [0.2, 0.25) is 0 Å². The highest BCUT2D eigenvalue weighted by atomic mass is 15.1. The van der Waals surface area contributed by atoms with Gasteiger partial charge in [0.05, 0.1) is 18.0 Å². The van der Waals surface area contributed by atoms with Gasteiger partial charge in [-0.15, -0.1) is 0 Å². The molecule has 1 aromatic carbocycles. The zero-order chi connectivity index (χ0) is 13.0. The minimum atomic E-state index is 0.620. The van der Waals surface area contributed by atoms with Crippen LogP contribution in [-0.4, -0.2) is 9.55 Å². The van der Waals surface area contributed by atoms with Gasteiger partial charge in [-0.3, -0.25) is 0 Å². The van der Waals surface area contributed by atoms with Crippen molar-refractivity contribution in [2.24, 2.45) is 0 Å². The molecule has 1 heterocycles. The Morgan fingerprint density at radius 2 is 2.28 bits per heavy atom. The third kappa shape index (κ3) is 2.35. The van der Waals surface area contributed by atoms with Crippen LogP contribution >= 0.6 is 0 Å². The molecule has 0 aliphatic rings. The average Bonchev–Trinajstić information content (AvgIpc) is 2.78. The van der Waals surface area contributed by atoms with Crippen molar-refractivity contribution < 1.29 is 0 Å². The molecule has 0 fully saturated rings. The maximum Gasteiger partial charge on any atom is 0.131 e. The Morgan fingerprint density at radius 3 is 3.00 bits per heavy atom. The van der Waals surface area contributed by atoms with Gasteiger partial charge in [-0.25, -0.2) is 4.98 Å².